The third-order valence-corrected chi connectivity index (χ3v) is 5.84. The molecule has 0 bridgehead atoms. The number of aryl methyl sites for hydroxylation is 1. The predicted octanol–water partition coefficient (Wildman–Crippen LogP) is 4.95. The molecule has 1 aliphatic heterocycles. The zero-order valence-corrected chi connectivity index (χ0v) is 20.1. The second-order valence-electron chi connectivity index (χ2n) is 8.12. The van der Waals surface area contributed by atoms with Gasteiger partial charge in [0.15, 0.2) is 11.5 Å². The summed E-state index contributed by atoms with van der Waals surface area (Å²) < 4.78 is 16.3. The number of carbonyl (C=O) groups is 1. The predicted molar refractivity (Wildman–Crippen MR) is 133 cm³/mol. The molecule has 0 aliphatic carbocycles. The molecule has 12 nitrogen and oxygen atoms in total. The van der Waals surface area contributed by atoms with E-state index in [9.17, 15) is 25.0 Å². The third kappa shape index (κ3) is 5.03. The van der Waals surface area contributed by atoms with E-state index in [0.717, 1.165) is 17.7 Å². The van der Waals surface area contributed by atoms with Crippen LogP contribution in [-0.4, -0.2) is 35.7 Å². The van der Waals surface area contributed by atoms with Gasteiger partial charge >= 0.3 is 11.7 Å². The van der Waals surface area contributed by atoms with Gasteiger partial charge in [-0.3, -0.25) is 25.7 Å². The molecule has 0 aromatic heterocycles. The van der Waals surface area contributed by atoms with Gasteiger partial charge in [0, 0.05) is 18.1 Å². The van der Waals surface area contributed by atoms with Gasteiger partial charge in [0.2, 0.25) is 0 Å². The zero-order valence-electron chi connectivity index (χ0n) is 20.1. The van der Waals surface area contributed by atoms with Crippen LogP contribution >= 0.6 is 0 Å². The highest BCUT2D eigenvalue weighted by molar-refractivity contribution is 6.03. The summed E-state index contributed by atoms with van der Waals surface area (Å²) in [6, 6.07) is 14.0. The number of esters is 1. The van der Waals surface area contributed by atoms with Crippen molar-refractivity contribution in [1.29, 1.82) is 0 Å². The molecular weight excluding hydrogens is 484 g/mol. The lowest BCUT2D eigenvalue weighted by molar-refractivity contribution is -0.393. The van der Waals surface area contributed by atoms with Crippen molar-refractivity contribution < 1.29 is 28.9 Å². The number of carbonyl (C=O) groups excluding carboxylic acids is 1. The van der Waals surface area contributed by atoms with Crippen molar-refractivity contribution in [2.24, 2.45) is 5.10 Å². The minimum absolute atomic E-state index is 0.0320. The van der Waals surface area contributed by atoms with E-state index in [-0.39, 0.29) is 23.4 Å². The Balaban J connectivity index is 1.73. The molecule has 3 aromatic rings. The average Bonchev–Trinajstić information content (AvgIpc) is 3.21. The first-order chi connectivity index (χ1) is 17.7. The lowest BCUT2D eigenvalue weighted by Crippen LogP contribution is -2.11. The standard InChI is InChI=1S/C25H22N4O8/c1-14-4-6-15(7-5-14)19(27-26-18-10-8-16(28(31)32)12-20(18)29(33)34)13-22-17-9-11-21(35-2)24(36-3)23(17)25(30)37-22/h4-12,22,26H,13H2,1-3H3/b27-19+. The third-order valence-electron chi connectivity index (χ3n) is 5.84. The molecule has 0 saturated carbocycles. The number of methoxy groups -OCH3 is 2. The van der Waals surface area contributed by atoms with E-state index in [1.807, 2.05) is 31.2 Å². The minimum Gasteiger partial charge on any atom is -0.493 e. The number of nitro groups is 2. The van der Waals surface area contributed by atoms with Crippen LogP contribution in [0.25, 0.3) is 0 Å². The SMILES string of the molecule is COc1ccc2c(c1OC)C(=O)OC2C/C(=N\Nc1ccc([N+](=O)[O-])cc1[N+](=O)[O-])c1ccc(C)cc1. The fraction of sp³-hybridized carbons (Fsp3) is 0.200. The first kappa shape index (κ1) is 25.1. The zero-order chi connectivity index (χ0) is 26.7. The van der Waals surface area contributed by atoms with Crippen LogP contribution in [0.4, 0.5) is 17.1 Å². The molecule has 1 unspecified atom stereocenters. The van der Waals surface area contributed by atoms with Crippen LogP contribution in [0.3, 0.4) is 0 Å². The van der Waals surface area contributed by atoms with Crippen molar-refractivity contribution in [3.8, 4) is 11.5 Å². The van der Waals surface area contributed by atoms with Gasteiger partial charge in [0.1, 0.15) is 17.4 Å². The molecule has 0 radical (unpaired) electrons. The van der Waals surface area contributed by atoms with Gasteiger partial charge in [0.05, 0.1) is 35.8 Å². The molecule has 37 heavy (non-hydrogen) atoms. The Kier molecular flexibility index (Phi) is 7.00. The molecule has 1 N–H and O–H groups in total. The van der Waals surface area contributed by atoms with E-state index >= 15 is 0 Å². The number of hydrazone groups is 1. The van der Waals surface area contributed by atoms with Crippen LogP contribution in [0.1, 0.15) is 39.6 Å². The van der Waals surface area contributed by atoms with E-state index in [1.165, 1.54) is 20.3 Å². The molecule has 1 heterocycles. The van der Waals surface area contributed by atoms with Crippen molar-refractivity contribution in [3.63, 3.8) is 0 Å². The molecule has 4 rings (SSSR count). The number of hydrogen-bond acceptors (Lipinski definition) is 10. The Morgan fingerprint density at radius 1 is 1.03 bits per heavy atom. The molecule has 3 aromatic carbocycles. The van der Waals surface area contributed by atoms with Gasteiger partial charge in [-0.2, -0.15) is 5.10 Å². The monoisotopic (exact) mass is 506 g/mol. The Labute approximate surface area is 210 Å². The molecule has 190 valence electrons. The van der Waals surface area contributed by atoms with Gasteiger partial charge in [-0.25, -0.2) is 4.79 Å². The van der Waals surface area contributed by atoms with Crippen molar-refractivity contribution >= 4 is 28.7 Å². The molecule has 12 heteroatoms. The van der Waals surface area contributed by atoms with Crippen LogP contribution in [0.2, 0.25) is 0 Å². The first-order valence-electron chi connectivity index (χ1n) is 11.0. The van der Waals surface area contributed by atoms with Gasteiger partial charge in [-0.05, 0) is 24.6 Å². The van der Waals surface area contributed by atoms with E-state index in [2.05, 4.69) is 10.5 Å². The quantitative estimate of drug-likeness (QED) is 0.184. The Morgan fingerprint density at radius 3 is 2.38 bits per heavy atom. The molecule has 0 fully saturated rings. The van der Waals surface area contributed by atoms with Gasteiger partial charge in [0.25, 0.3) is 5.69 Å². The van der Waals surface area contributed by atoms with Gasteiger partial charge in [-0.1, -0.05) is 35.9 Å². The minimum atomic E-state index is -0.731. The lowest BCUT2D eigenvalue weighted by atomic mass is 9.97. The van der Waals surface area contributed by atoms with Crippen LogP contribution < -0.4 is 14.9 Å². The summed E-state index contributed by atoms with van der Waals surface area (Å²) in [6.07, 6.45) is -0.582. The van der Waals surface area contributed by atoms with E-state index in [4.69, 9.17) is 14.2 Å². The molecule has 1 atom stereocenters. The highest BCUT2D eigenvalue weighted by Gasteiger charge is 2.36. The first-order valence-corrected chi connectivity index (χ1v) is 11.0. The van der Waals surface area contributed by atoms with Crippen LogP contribution in [0.5, 0.6) is 11.5 Å². The number of nitrogens with one attached hydrogen (secondary N) is 1. The summed E-state index contributed by atoms with van der Waals surface area (Å²) in [6.45, 7) is 1.92. The fourth-order valence-corrected chi connectivity index (χ4v) is 3.98. The summed E-state index contributed by atoms with van der Waals surface area (Å²) in [5, 5.41) is 27.0. The van der Waals surface area contributed by atoms with Crippen LogP contribution in [0, 0.1) is 27.2 Å². The summed E-state index contributed by atoms with van der Waals surface area (Å²) in [7, 11) is 2.90. The Bertz CT molecular complexity index is 1420. The van der Waals surface area contributed by atoms with Crippen molar-refractivity contribution in [3.05, 3.63) is 97.1 Å². The average molecular weight is 506 g/mol. The number of cyclic esters (lactones) is 1. The normalized spacial score (nSPS) is 14.5. The number of hydrogen-bond donors (Lipinski definition) is 1. The largest absolute Gasteiger partial charge is 0.493 e. The molecule has 0 saturated heterocycles. The van der Waals surface area contributed by atoms with Crippen LogP contribution in [0.15, 0.2) is 59.7 Å². The number of nitro benzene ring substituents is 2. The summed E-state index contributed by atoms with van der Waals surface area (Å²) >= 11 is 0. The number of ether oxygens (including phenoxy) is 3. The number of fused-ring (bicyclic) bond motifs is 1. The highest BCUT2D eigenvalue weighted by Crippen LogP contribution is 2.43. The second-order valence-corrected chi connectivity index (χ2v) is 8.12. The number of benzene rings is 3. The number of rotatable bonds is 9. The van der Waals surface area contributed by atoms with Crippen LogP contribution in [-0.2, 0) is 4.74 Å². The maximum atomic E-state index is 12.7. The van der Waals surface area contributed by atoms with E-state index in [1.54, 1.807) is 12.1 Å². The summed E-state index contributed by atoms with van der Waals surface area (Å²) in [5.41, 5.74) is 4.69. The smallest absolute Gasteiger partial charge is 0.343 e. The Morgan fingerprint density at radius 2 is 1.76 bits per heavy atom. The maximum absolute atomic E-state index is 12.7. The van der Waals surface area contributed by atoms with Crippen molar-refractivity contribution in [1.82, 2.24) is 0 Å². The van der Waals surface area contributed by atoms with E-state index in [0.29, 0.717) is 22.6 Å². The highest BCUT2D eigenvalue weighted by atomic mass is 16.6. The van der Waals surface area contributed by atoms with Gasteiger partial charge < -0.3 is 14.2 Å². The topological polar surface area (TPSA) is 155 Å². The number of nitrogens with zero attached hydrogens (tertiary/aromatic N) is 3. The summed E-state index contributed by atoms with van der Waals surface area (Å²) in [5.74, 6) is 0.0809. The fourth-order valence-electron chi connectivity index (χ4n) is 3.98. The molecule has 0 amide bonds. The molecule has 0 spiro atoms. The number of anilines is 1. The van der Waals surface area contributed by atoms with Crippen molar-refractivity contribution in [2.45, 2.75) is 19.4 Å². The maximum Gasteiger partial charge on any atom is 0.343 e. The molecular formula is C25H22N4O8. The lowest BCUT2D eigenvalue weighted by Gasteiger charge is -2.15. The second kappa shape index (κ2) is 10.3. The molecule has 1 aliphatic rings. The number of non-ortho nitro benzene ring substituents is 1. The Hall–Kier alpha value is -5.00. The van der Waals surface area contributed by atoms with Crippen molar-refractivity contribution in [2.75, 3.05) is 19.6 Å². The summed E-state index contributed by atoms with van der Waals surface area (Å²) in [4.78, 5) is 33.9. The van der Waals surface area contributed by atoms with E-state index < -0.39 is 33.3 Å². The van der Waals surface area contributed by atoms with Gasteiger partial charge in [-0.15, -0.1) is 0 Å².